The van der Waals surface area contributed by atoms with Gasteiger partial charge in [-0.3, -0.25) is 0 Å². The molecule has 0 unspecified atom stereocenters. The molecule has 0 bridgehead atoms. The number of nitrogens with zero attached hydrogens (tertiary/aromatic N) is 1. The first-order valence-electron chi connectivity index (χ1n) is 4.87. The maximum atomic E-state index is 13.5. The van der Waals surface area contributed by atoms with E-state index < -0.39 is 0 Å². The smallest absolute Gasteiger partial charge is 0.141 e. The molecular weight excluding hydrogens is 344 g/mol. The van der Waals surface area contributed by atoms with Crippen molar-refractivity contribution in [2.75, 3.05) is 7.11 Å². The number of hydrogen-bond acceptors (Lipinski definition) is 2. The van der Waals surface area contributed by atoms with E-state index in [0.717, 1.165) is 0 Å². The minimum Gasteiger partial charge on any atom is -0.495 e. The molecule has 0 saturated carbocycles. The molecule has 0 spiro atoms. The molecule has 0 amide bonds. The predicted octanol–water partition coefficient (Wildman–Crippen LogP) is 4.97. The third-order valence-corrected chi connectivity index (χ3v) is 3.26. The number of pyridine rings is 1. The summed E-state index contributed by atoms with van der Waals surface area (Å²) in [5.74, 6) is 0.122. The molecule has 1 heterocycles. The Hall–Kier alpha value is -0.840. The Bertz CT molecular complexity index is 587. The van der Waals surface area contributed by atoms with Crippen LogP contribution in [-0.2, 0) is 0 Å². The largest absolute Gasteiger partial charge is 0.495 e. The third-order valence-electron chi connectivity index (χ3n) is 2.29. The molecule has 94 valence electrons. The lowest BCUT2D eigenvalue weighted by Crippen LogP contribution is -1.92. The maximum Gasteiger partial charge on any atom is 0.141 e. The fraction of sp³-hybridized carbons (Fsp3) is 0.0833. The van der Waals surface area contributed by atoms with Crippen LogP contribution in [0.2, 0.25) is 10.3 Å². The van der Waals surface area contributed by atoms with Crippen LogP contribution >= 0.6 is 39.1 Å². The van der Waals surface area contributed by atoms with Gasteiger partial charge in [0, 0.05) is 5.56 Å². The second kappa shape index (κ2) is 5.43. The van der Waals surface area contributed by atoms with Crippen LogP contribution in [0.1, 0.15) is 0 Å². The van der Waals surface area contributed by atoms with Gasteiger partial charge in [0.25, 0.3) is 0 Å². The van der Waals surface area contributed by atoms with Crippen molar-refractivity contribution >= 4 is 39.1 Å². The van der Waals surface area contributed by atoms with Gasteiger partial charge in [0.1, 0.15) is 21.9 Å². The lowest BCUT2D eigenvalue weighted by atomic mass is 10.1. The van der Waals surface area contributed by atoms with Gasteiger partial charge in [-0.15, -0.1) is 0 Å². The van der Waals surface area contributed by atoms with Gasteiger partial charge in [0.2, 0.25) is 0 Å². The molecule has 0 fully saturated rings. The first kappa shape index (κ1) is 13.6. The zero-order valence-electron chi connectivity index (χ0n) is 9.18. The second-order valence-corrected chi connectivity index (χ2v) is 5.10. The topological polar surface area (TPSA) is 22.1 Å². The molecule has 6 heteroatoms. The van der Waals surface area contributed by atoms with Crippen LogP contribution in [0.15, 0.2) is 28.7 Å². The number of rotatable bonds is 2. The van der Waals surface area contributed by atoms with E-state index >= 15 is 0 Å². The number of hydrogen-bond donors (Lipinski definition) is 0. The minimum atomic E-state index is -0.387. The monoisotopic (exact) mass is 349 g/mol. The van der Waals surface area contributed by atoms with E-state index in [-0.39, 0.29) is 16.1 Å². The molecule has 1 aromatic heterocycles. The van der Waals surface area contributed by atoms with Crippen molar-refractivity contribution in [3.63, 3.8) is 0 Å². The van der Waals surface area contributed by atoms with Gasteiger partial charge in [0.15, 0.2) is 0 Å². The van der Waals surface area contributed by atoms with E-state index in [2.05, 4.69) is 20.9 Å². The number of halogens is 4. The summed E-state index contributed by atoms with van der Waals surface area (Å²) in [5.41, 5.74) is 1.19. The SMILES string of the molecule is COc1c(Br)cc(F)cc1-c1cc(Cl)nc(Cl)c1. The summed E-state index contributed by atoms with van der Waals surface area (Å²) in [4.78, 5) is 3.84. The number of aromatic nitrogens is 1. The van der Waals surface area contributed by atoms with E-state index in [9.17, 15) is 4.39 Å². The molecule has 0 saturated heterocycles. The summed E-state index contributed by atoms with van der Waals surface area (Å²) >= 11 is 14.9. The lowest BCUT2D eigenvalue weighted by Gasteiger charge is -2.11. The summed E-state index contributed by atoms with van der Waals surface area (Å²) in [5, 5.41) is 0.472. The van der Waals surface area contributed by atoms with Gasteiger partial charge in [-0.25, -0.2) is 9.37 Å². The van der Waals surface area contributed by atoms with Crippen LogP contribution < -0.4 is 4.74 Å². The summed E-state index contributed by atoms with van der Waals surface area (Å²) in [6.45, 7) is 0. The number of methoxy groups -OCH3 is 1. The van der Waals surface area contributed by atoms with Gasteiger partial charge < -0.3 is 4.74 Å². The van der Waals surface area contributed by atoms with Gasteiger partial charge >= 0.3 is 0 Å². The average Bonchev–Trinajstić information content (AvgIpc) is 2.26. The van der Waals surface area contributed by atoms with Crippen LogP contribution in [-0.4, -0.2) is 12.1 Å². The van der Waals surface area contributed by atoms with Crippen molar-refractivity contribution in [3.05, 3.63) is 44.9 Å². The highest BCUT2D eigenvalue weighted by Gasteiger charge is 2.13. The highest BCUT2D eigenvalue weighted by atomic mass is 79.9. The van der Waals surface area contributed by atoms with Crippen molar-refractivity contribution in [2.24, 2.45) is 0 Å². The standard InChI is InChI=1S/C12H7BrCl2FNO/c1-18-12-8(4-7(16)5-9(12)13)6-2-10(14)17-11(15)3-6/h2-5H,1H3. The Morgan fingerprint density at radius 2 is 1.78 bits per heavy atom. The summed E-state index contributed by atoms with van der Waals surface area (Å²) in [6.07, 6.45) is 0. The zero-order chi connectivity index (χ0) is 13.3. The third kappa shape index (κ3) is 2.76. The van der Waals surface area contributed by atoms with E-state index in [1.807, 2.05) is 0 Å². The Kier molecular flexibility index (Phi) is 4.10. The molecule has 0 aliphatic carbocycles. The Balaban J connectivity index is 2.69. The van der Waals surface area contributed by atoms with Gasteiger partial charge in [-0.2, -0.15) is 0 Å². The predicted molar refractivity (Wildman–Crippen MR) is 73.9 cm³/mol. The molecule has 0 atom stereocenters. The van der Waals surface area contributed by atoms with E-state index in [1.54, 1.807) is 12.1 Å². The van der Waals surface area contributed by atoms with Crippen molar-refractivity contribution in [3.8, 4) is 16.9 Å². The van der Waals surface area contributed by atoms with Gasteiger partial charge in [0.05, 0.1) is 11.6 Å². The Morgan fingerprint density at radius 3 is 2.33 bits per heavy atom. The summed E-state index contributed by atoms with van der Waals surface area (Å²) < 4.78 is 19.2. The highest BCUT2D eigenvalue weighted by molar-refractivity contribution is 9.10. The normalized spacial score (nSPS) is 10.5. The minimum absolute atomic E-state index is 0.236. The molecular formula is C12H7BrCl2FNO. The van der Waals surface area contributed by atoms with Gasteiger partial charge in [-0.05, 0) is 45.8 Å². The Morgan fingerprint density at radius 1 is 1.17 bits per heavy atom. The number of benzene rings is 1. The molecule has 0 aliphatic rings. The Labute approximate surface area is 122 Å². The highest BCUT2D eigenvalue weighted by Crippen LogP contribution is 2.38. The fourth-order valence-corrected chi connectivity index (χ4v) is 2.66. The van der Waals surface area contributed by atoms with Crippen molar-refractivity contribution in [1.82, 2.24) is 4.98 Å². The molecule has 18 heavy (non-hydrogen) atoms. The molecule has 2 nitrogen and oxygen atoms in total. The number of ether oxygens (including phenoxy) is 1. The quantitative estimate of drug-likeness (QED) is 0.713. The summed E-state index contributed by atoms with van der Waals surface area (Å²) in [7, 11) is 1.51. The maximum absolute atomic E-state index is 13.5. The summed E-state index contributed by atoms with van der Waals surface area (Å²) in [6, 6.07) is 5.87. The first-order valence-corrected chi connectivity index (χ1v) is 6.42. The second-order valence-electron chi connectivity index (χ2n) is 3.47. The van der Waals surface area contributed by atoms with Crippen molar-refractivity contribution in [1.29, 1.82) is 0 Å². The van der Waals surface area contributed by atoms with Crippen molar-refractivity contribution < 1.29 is 9.13 Å². The molecule has 1 aromatic carbocycles. The molecule has 0 N–H and O–H groups in total. The molecule has 2 rings (SSSR count). The average molecular weight is 351 g/mol. The van der Waals surface area contributed by atoms with Crippen LogP contribution in [0.5, 0.6) is 5.75 Å². The van der Waals surface area contributed by atoms with Crippen LogP contribution in [0.25, 0.3) is 11.1 Å². The fourth-order valence-electron chi connectivity index (χ4n) is 1.60. The van der Waals surface area contributed by atoms with Crippen LogP contribution in [0.3, 0.4) is 0 Å². The first-order chi connectivity index (χ1) is 8.51. The molecule has 0 aliphatic heterocycles. The van der Waals surface area contributed by atoms with E-state index in [1.165, 1.54) is 19.2 Å². The van der Waals surface area contributed by atoms with E-state index in [4.69, 9.17) is 27.9 Å². The van der Waals surface area contributed by atoms with Crippen molar-refractivity contribution in [2.45, 2.75) is 0 Å². The molecule has 0 radical (unpaired) electrons. The van der Waals surface area contributed by atoms with Crippen LogP contribution in [0, 0.1) is 5.82 Å². The molecule has 2 aromatic rings. The van der Waals surface area contributed by atoms with Gasteiger partial charge in [-0.1, -0.05) is 23.2 Å². The van der Waals surface area contributed by atoms with E-state index in [0.29, 0.717) is 21.3 Å². The lowest BCUT2D eigenvalue weighted by molar-refractivity contribution is 0.412. The van der Waals surface area contributed by atoms with Crippen LogP contribution in [0.4, 0.5) is 4.39 Å². The zero-order valence-corrected chi connectivity index (χ0v) is 12.3.